The summed E-state index contributed by atoms with van der Waals surface area (Å²) in [5, 5.41) is 15.7. The van der Waals surface area contributed by atoms with E-state index in [1.54, 1.807) is 10.7 Å². The van der Waals surface area contributed by atoms with Gasteiger partial charge >= 0.3 is 196 Å². The van der Waals surface area contributed by atoms with Crippen LogP contribution in [0.4, 0.5) is 0 Å². The summed E-state index contributed by atoms with van der Waals surface area (Å²) in [5.41, 5.74) is 9.63. The van der Waals surface area contributed by atoms with Crippen molar-refractivity contribution in [3.63, 3.8) is 0 Å². The first-order chi connectivity index (χ1) is 27.0. The molecular formula is C50H58GeIrN3O3-. The monoisotopic (exact) mass is 1020 g/mol. The van der Waals surface area contributed by atoms with E-state index < -0.39 is 13.3 Å². The van der Waals surface area contributed by atoms with Crippen LogP contribution in [0.25, 0.3) is 66.0 Å². The molecule has 0 spiro atoms. The molecule has 305 valence electrons. The normalized spacial score (nSPS) is 12.5. The molecule has 6 nitrogen and oxygen atoms in total. The number of aromatic nitrogens is 3. The number of hydrogen-bond acceptors (Lipinski definition) is 6. The summed E-state index contributed by atoms with van der Waals surface area (Å²) in [6, 6.07) is 24.7. The maximum Gasteiger partial charge on any atom is 0.0349 e. The average molecular weight is 1010 g/mol. The van der Waals surface area contributed by atoms with Crippen LogP contribution in [0.15, 0.2) is 89.4 Å². The molecule has 8 heteroatoms. The van der Waals surface area contributed by atoms with Crippen LogP contribution in [0, 0.1) is 37.7 Å². The van der Waals surface area contributed by atoms with E-state index in [1.165, 1.54) is 28.0 Å². The number of benzene rings is 4. The number of pyridine rings is 1. The summed E-state index contributed by atoms with van der Waals surface area (Å²) >= 11 is -2.12. The van der Waals surface area contributed by atoms with Gasteiger partial charge in [0, 0.05) is 54.5 Å². The molecule has 0 atom stereocenters. The van der Waals surface area contributed by atoms with Gasteiger partial charge in [0.2, 0.25) is 0 Å². The number of nitrogens with zero attached hydrogens (tertiary/aromatic N) is 3. The van der Waals surface area contributed by atoms with Gasteiger partial charge in [-0.15, -0.1) is 0 Å². The number of rotatable bonds is 10. The van der Waals surface area contributed by atoms with Crippen LogP contribution in [-0.2, 0) is 24.9 Å². The molecule has 3 aromatic heterocycles. The van der Waals surface area contributed by atoms with E-state index >= 15 is 0 Å². The molecule has 1 radical (unpaired) electrons. The minimum atomic E-state index is -2.12. The second kappa shape index (κ2) is 17.6. The minimum Gasteiger partial charge on any atom is -0.261 e. The predicted molar refractivity (Wildman–Crippen MR) is 242 cm³/mol. The zero-order valence-electron chi connectivity index (χ0n) is 36.3. The predicted octanol–water partition coefficient (Wildman–Crippen LogP) is 13.3. The van der Waals surface area contributed by atoms with E-state index in [0.29, 0.717) is 0 Å². The van der Waals surface area contributed by atoms with Gasteiger partial charge in [-0.1, -0.05) is 47.6 Å². The summed E-state index contributed by atoms with van der Waals surface area (Å²) < 4.78 is 8.12. The van der Waals surface area contributed by atoms with Crippen LogP contribution in [0.2, 0.25) is 17.3 Å². The number of allylic oxidation sites excluding steroid dienone is 2. The topological polar surface area (TPSA) is 89.1 Å². The van der Waals surface area contributed by atoms with Crippen molar-refractivity contribution in [2.24, 2.45) is 10.8 Å². The number of fused-ring (bicyclic) bond motifs is 6. The molecule has 0 saturated carbocycles. The zero-order chi connectivity index (χ0) is 41.4. The molecule has 58 heavy (non-hydrogen) atoms. The third-order valence-corrected chi connectivity index (χ3v) is 17.4. The molecule has 1 N–H and O–H groups in total. The SMILES string of the molecule is CCC(C)(CC)C(=O)/C=C(\O)C(C)(CC)CC.Cc1ccc(-c2ccc3c(c2)oc2c(-c4ncnc5c4ccc4cc(C)[c]([Ge]([CH3])([CH3])[CH3])c(C)c45)[c-]ccc23)cn1.[Ir]. The first kappa shape index (κ1) is 44.9. The van der Waals surface area contributed by atoms with Gasteiger partial charge in [-0.3, -0.25) is 9.78 Å². The van der Waals surface area contributed by atoms with Crippen LogP contribution >= 0.6 is 0 Å². The molecule has 0 fully saturated rings. The third-order valence-electron chi connectivity index (χ3n) is 12.6. The van der Waals surface area contributed by atoms with Gasteiger partial charge < -0.3 is 5.11 Å². The standard InChI is InChI=1S/C35H30GeN3O.C15H28O2.Ir/c1-20-16-24-13-15-28-33(38-19-39-34(28)31(24)22(3)32(20)36(4,5)6)29-9-7-8-27-26-14-12-23(17-30(26)40-35(27)29)25-11-10-21(2)37-18-25;1-7-14(5,8-2)12(16)11-13(17)15(6,9-3)10-4;/h7-8,10-19H,1-6H3;11,16H,7-10H2,1-6H3;/q-1;;/b;12-11-;. The molecule has 4 aromatic carbocycles. The zero-order valence-corrected chi connectivity index (χ0v) is 40.8. The molecule has 7 rings (SSSR count). The molecule has 0 saturated heterocycles. The number of ketones is 1. The average Bonchev–Trinajstić information content (AvgIpc) is 3.58. The largest absolute Gasteiger partial charge is 0.261 e. The second-order valence-corrected chi connectivity index (χ2v) is 27.7. The van der Waals surface area contributed by atoms with Crippen molar-refractivity contribution in [1.29, 1.82) is 0 Å². The molecule has 0 aliphatic heterocycles. The van der Waals surface area contributed by atoms with Gasteiger partial charge in [-0.2, -0.15) is 0 Å². The number of furan rings is 1. The van der Waals surface area contributed by atoms with Crippen LogP contribution in [0.5, 0.6) is 0 Å². The number of hydrogen-bond donors (Lipinski definition) is 1. The smallest absolute Gasteiger partial charge is 0.0349 e. The number of aliphatic hydroxyl groups excluding tert-OH is 1. The van der Waals surface area contributed by atoms with Crippen molar-refractivity contribution < 1.29 is 34.4 Å². The summed E-state index contributed by atoms with van der Waals surface area (Å²) in [4.78, 5) is 26.3. The van der Waals surface area contributed by atoms with Gasteiger partial charge in [-0.25, -0.2) is 0 Å². The van der Waals surface area contributed by atoms with E-state index in [0.717, 1.165) is 86.6 Å². The Kier molecular flexibility index (Phi) is 13.6. The fourth-order valence-corrected chi connectivity index (χ4v) is 13.4. The van der Waals surface area contributed by atoms with E-state index in [-0.39, 0.29) is 42.5 Å². The number of carbonyl (C=O) groups excluding carboxylic acids is 1. The van der Waals surface area contributed by atoms with Crippen molar-refractivity contribution in [2.45, 2.75) is 105 Å². The molecule has 0 bridgehead atoms. The fourth-order valence-electron chi connectivity index (χ4n) is 8.16. The molecule has 3 heterocycles. The second-order valence-electron chi connectivity index (χ2n) is 17.3. The molecule has 7 aromatic rings. The first-order valence-corrected chi connectivity index (χ1v) is 27.8. The Balaban J connectivity index is 0.000000304. The Morgan fingerprint density at radius 3 is 2.09 bits per heavy atom. The quantitative estimate of drug-likeness (QED) is 0.0483. The van der Waals surface area contributed by atoms with Crippen molar-refractivity contribution in [2.75, 3.05) is 0 Å². The van der Waals surface area contributed by atoms with Crippen molar-refractivity contribution >= 4 is 67.1 Å². The fraction of sp³-hybridized carbons (Fsp3) is 0.360. The van der Waals surface area contributed by atoms with Gasteiger partial charge in [0.05, 0.1) is 0 Å². The van der Waals surface area contributed by atoms with Crippen molar-refractivity contribution in [3.05, 3.63) is 108 Å². The van der Waals surface area contributed by atoms with Gasteiger partial charge in [0.25, 0.3) is 0 Å². The Morgan fingerprint density at radius 2 is 1.47 bits per heavy atom. The van der Waals surface area contributed by atoms with Crippen LogP contribution in [-0.4, -0.2) is 39.1 Å². The van der Waals surface area contributed by atoms with Gasteiger partial charge in [-0.05, 0) is 38.7 Å². The number of carbonyl (C=O) groups is 1. The Hall–Kier alpha value is -4.17. The van der Waals surface area contributed by atoms with E-state index in [4.69, 9.17) is 14.4 Å². The van der Waals surface area contributed by atoms with E-state index in [1.807, 2.05) is 66.8 Å². The Bertz CT molecular complexity index is 2650. The van der Waals surface area contributed by atoms with E-state index in [2.05, 4.69) is 90.7 Å². The van der Waals surface area contributed by atoms with Crippen LogP contribution in [0.3, 0.4) is 0 Å². The summed E-state index contributed by atoms with van der Waals surface area (Å²) in [7, 11) is 0. The third kappa shape index (κ3) is 8.46. The molecule has 0 amide bonds. The Morgan fingerprint density at radius 1 is 0.810 bits per heavy atom. The van der Waals surface area contributed by atoms with Gasteiger partial charge in [0.15, 0.2) is 5.78 Å². The summed E-state index contributed by atoms with van der Waals surface area (Å²) in [6.07, 6.45) is 8.35. The molecular weight excluding hydrogens is 955 g/mol. The van der Waals surface area contributed by atoms with Crippen LogP contribution in [0.1, 0.15) is 84.0 Å². The minimum absolute atomic E-state index is 0. The number of aryl methyl sites for hydroxylation is 3. The maximum absolute atomic E-state index is 12.2. The molecule has 0 unspecified atom stereocenters. The summed E-state index contributed by atoms with van der Waals surface area (Å²) in [6.45, 7) is 18.6. The number of aliphatic hydroxyl groups is 1. The molecule has 0 aliphatic rings. The van der Waals surface area contributed by atoms with Gasteiger partial charge in [0.1, 0.15) is 5.76 Å². The maximum atomic E-state index is 12.2. The molecule has 0 aliphatic carbocycles. The van der Waals surface area contributed by atoms with E-state index in [9.17, 15) is 9.90 Å². The van der Waals surface area contributed by atoms with Crippen molar-refractivity contribution in [1.82, 2.24) is 15.0 Å². The Labute approximate surface area is 360 Å². The summed E-state index contributed by atoms with van der Waals surface area (Å²) in [5.74, 6) is 7.67. The van der Waals surface area contributed by atoms with Crippen molar-refractivity contribution in [3.8, 4) is 22.4 Å². The van der Waals surface area contributed by atoms with Crippen LogP contribution < -0.4 is 4.40 Å². The first-order valence-electron chi connectivity index (χ1n) is 20.4.